The number of ether oxygens (including phenoxy) is 3. The molecule has 0 fully saturated rings. The molecule has 0 saturated heterocycles. The van der Waals surface area contributed by atoms with Gasteiger partial charge in [-0.15, -0.1) is 0 Å². The van der Waals surface area contributed by atoms with Crippen molar-refractivity contribution in [2.24, 2.45) is 0 Å². The van der Waals surface area contributed by atoms with Gasteiger partial charge >= 0.3 is 5.97 Å². The van der Waals surface area contributed by atoms with Gasteiger partial charge < -0.3 is 19.5 Å². The Morgan fingerprint density at radius 1 is 1.12 bits per heavy atom. The van der Waals surface area contributed by atoms with Gasteiger partial charge in [0.1, 0.15) is 0 Å². The van der Waals surface area contributed by atoms with Crippen LogP contribution < -0.4 is 14.8 Å². The van der Waals surface area contributed by atoms with Crippen LogP contribution in [-0.4, -0.2) is 32.2 Å². The van der Waals surface area contributed by atoms with Crippen LogP contribution in [0.3, 0.4) is 0 Å². The second kappa shape index (κ2) is 8.94. The quantitative estimate of drug-likeness (QED) is 0.761. The molecular weight excluding hydrogens is 346 g/mol. The van der Waals surface area contributed by atoms with Crippen molar-refractivity contribution in [2.75, 3.05) is 25.6 Å². The van der Waals surface area contributed by atoms with Crippen LogP contribution in [0.15, 0.2) is 42.5 Å². The SMILES string of the molecule is CCOC(=O)c1cc(NC(=O)COc2ccccc2OC)ccc1Cl. The molecular formula is C18H18ClNO5. The minimum Gasteiger partial charge on any atom is -0.493 e. The summed E-state index contributed by atoms with van der Waals surface area (Å²) in [5.41, 5.74) is 0.605. The molecule has 0 aliphatic heterocycles. The number of nitrogens with one attached hydrogen (secondary N) is 1. The highest BCUT2D eigenvalue weighted by Gasteiger charge is 2.14. The fourth-order valence-corrected chi connectivity index (χ4v) is 2.24. The molecule has 1 amide bonds. The molecule has 0 saturated carbocycles. The predicted molar refractivity (Wildman–Crippen MR) is 94.5 cm³/mol. The summed E-state index contributed by atoms with van der Waals surface area (Å²) in [7, 11) is 1.52. The van der Waals surface area contributed by atoms with E-state index in [9.17, 15) is 9.59 Å². The first-order valence-electron chi connectivity index (χ1n) is 7.57. The lowest BCUT2D eigenvalue weighted by molar-refractivity contribution is -0.118. The van der Waals surface area contributed by atoms with E-state index in [0.717, 1.165) is 0 Å². The predicted octanol–water partition coefficient (Wildman–Crippen LogP) is 3.54. The Labute approximate surface area is 150 Å². The highest BCUT2D eigenvalue weighted by Crippen LogP contribution is 2.26. The molecule has 0 radical (unpaired) electrons. The molecule has 0 unspecified atom stereocenters. The summed E-state index contributed by atoms with van der Waals surface area (Å²) in [6.07, 6.45) is 0. The molecule has 0 spiro atoms. The number of esters is 1. The number of methoxy groups -OCH3 is 1. The largest absolute Gasteiger partial charge is 0.493 e. The zero-order chi connectivity index (χ0) is 18.2. The molecule has 25 heavy (non-hydrogen) atoms. The summed E-state index contributed by atoms with van der Waals surface area (Å²) in [6.45, 7) is 1.73. The summed E-state index contributed by atoms with van der Waals surface area (Å²) in [5, 5.41) is 2.89. The van der Waals surface area contributed by atoms with E-state index in [1.807, 2.05) is 0 Å². The van der Waals surface area contributed by atoms with Crippen molar-refractivity contribution < 1.29 is 23.8 Å². The minimum absolute atomic E-state index is 0.187. The van der Waals surface area contributed by atoms with Gasteiger partial charge in [0.05, 0.1) is 24.3 Å². The van der Waals surface area contributed by atoms with Gasteiger partial charge in [-0.1, -0.05) is 23.7 Å². The van der Waals surface area contributed by atoms with Crippen LogP contribution in [0, 0.1) is 0 Å². The number of hydrogen-bond acceptors (Lipinski definition) is 5. The number of hydrogen-bond donors (Lipinski definition) is 1. The number of carbonyl (C=O) groups excluding carboxylic acids is 2. The minimum atomic E-state index is -0.547. The van der Waals surface area contributed by atoms with Crippen molar-refractivity contribution in [1.82, 2.24) is 0 Å². The first kappa shape index (κ1) is 18.6. The normalized spacial score (nSPS) is 10.0. The van der Waals surface area contributed by atoms with Gasteiger partial charge in [-0.25, -0.2) is 4.79 Å². The van der Waals surface area contributed by atoms with E-state index in [-0.39, 0.29) is 29.7 Å². The Hall–Kier alpha value is -2.73. The van der Waals surface area contributed by atoms with Crippen LogP contribution in [0.25, 0.3) is 0 Å². The van der Waals surface area contributed by atoms with E-state index in [2.05, 4.69) is 5.32 Å². The zero-order valence-electron chi connectivity index (χ0n) is 13.9. The average molecular weight is 364 g/mol. The molecule has 2 aromatic rings. The molecule has 2 aromatic carbocycles. The Morgan fingerprint density at radius 2 is 1.84 bits per heavy atom. The number of carbonyl (C=O) groups is 2. The fourth-order valence-electron chi connectivity index (χ4n) is 2.05. The summed E-state index contributed by atoms with van der Waals surface area (Å²) in [4.78, 5) is 23.9. The summed E-state index contributed by atoms with van der Waals surface area (Å²) in [5.74, 6) is 0.0618. The maximum atomic E-state index is 12.1. The lowest BCUT2D eigenvalue weighted by Gasteiger charge is -2.11. The van der Waals surface area contributed by atoms with Gasteiger partial charge in [-0.3, -0.25) is 4.79 Å². The number of halogens is 1. The number of benzene rings is 2. The molecule has 2 rings (SSSR count). The maximum Gasteiger partial charge on any atom is 0.339 e. The van der Waals surface area contributed by atoms with Crippen molar-refractivity contribution in [3.05, 3.63) is 53.1 Å². The lowest BCUT2D eigenvalue weighted by Crippen LogP contribution is -2.20. The Balaban J connectivity index is 2.01. The first-order valence-corrected chi connectivity index (χ1v) is 7.95. The summed E-state index contributed by atoms with van der Waals surface area (Å²) >= 11 is 5.99. The van der Waals surface area contributed by atoms with Gasteiger partial charge in [0.25, 0.3) is 5.91 Å². The van der Waals surface area contributed by atoms with Crippen molar-refractivity contribution >= 4 is 29.2 Å². The second-order valence-corrected chi connectivity index (χ2v) is 5.31. The Bertz CT molecular complexity index is 763. The van der Waals surface area contributed by atoms with E-state index < -0.39 is 5.97 Å². The van der Waals surface area contributed by atoms with Crippen LogP contribution in [-0.2, 0) is 9.53 Å². The van der Waals surface area contributed by atoms with Gasteiger partial charge in [0.2, 0.25) is 0 Å². The number of amides is 1. The van der Waals surface area contributed by atoms with E-state index in [1.54, 1.807) is 37.3 Å². The smallest absolute Gasteiger partial charge is 0.339 e. The standard InChI is InChI=1S/C18H18ClNO5/c1-3-24-18(22)13-10-12(8-9-14(13)19)20-17(21)11-25-16-7-5-4-6-15(16)23-2/h4-10H,3,11H2,1-2H3,(H,20,21). The molecule has 132 valence electrons. The monoisotopic (exact) mass is 363 g/mol. The van der Waals surface area contributed by atoms with Gasteiger partial charge in [0.15, 0.2) is 18.1 Å². The molecule has 1 N–H and O–H groups in total. The van der Waals surface area contributed by atoms with E-state index in [1.165, 1.54) is 19.2 Å². The van der Waals surface area contributed by atoms with E-state index in [4.69, 9.17) is 25.8 Å². The molecule has 0 heterocycles. The molecule has 6 nitrogen and oxygen atoms in total. The van der Waals surface area contributed by atoms with Crippen LogP contribution >= 0.6 is 11.6 Å². The van der Waals surface area contributed by atoms with Gasteiger partial charge in [0, 0.05) is 5.69 Å². The summed E-state index contributed by atoms with van der Waals surface area (Å²) < 4.78 is 15.5. The maximum absolute atomic E-state index is 12.1. The third-order valence-corrected chi connectivity index (χ3v) is 3.50. The highest BCUT2D eigenvalue weighted by atomic mass is 35.5. The first-order chi connectivity index (χ1) is 12.0. The van der Waals surface area contributed by atoms with Crippen molar-refractivity contribution in [3.63, 3.8) is 0 Å². The highest BCUT2D eigenvalue weighted by molar-refractivity contribution is 6.33. The fraction of sp³-hybridized carbons (Fsp3) is 0.222. The van der Waals surface area contributed by atoms with Crippen LogP contribution in [0.1, 0.15) is 17.3 Å². The molecule has 0 aliphatic rings. The zero-order valence-corrected chi connectivity index (χ0v) is 14.6. The Morgan fingerprint density at radius 3 is 2.52 bits per heavy atom. The molecule has 0 aliphatic carbocycles. The lowest BCUT2D eigenvalue weighted by atomic mass is 10.2. The molecule has 0 atom stereocenters. The van der Waals surface area contributed by atoms with Crippen LogP contribution in [0.2, 0.25) is 5.02 Å². The number of rotatable bonds is 7. The third-order valence-electron chi connectivity index (χ3n) is 3.17. The van der Waals surface area contributed by atoms with Gasteiger partial charge in [-0.2, -0.15) is 0 Å². The second-order valence-electron chi connectivity index (χ2n) is 4.90. The van der Waals surface area contributed by atoms with Crippen molar-refractivity contribution in [3.8, 4) is 11.5 Å². The Kier molecular flexibility index (Phi) is 6.65. The number of anilines is 1. The number of para-hydroxylation sites is 2. The molecule has 0 aromatic heterocycles. The van der Waals surface area contributed by atoms with Crippen molar-refractivity contribution in [2.45, 2.75) is 6.92 Å². The van der Waals surface area contributed by atoms with Crippen LogP contribution in [0.5, 0.6) is 11.5 Å². The van der Waals surface area contributed by atoms with E-state index in [0.29, 0.717) is 17.2 Å². The summed E-state index contributed by atoms with van der Waals surface area (Å²) in [6, 6.07) is 11.6. The topological polar surface area (TPSA) is 73.9 Å². The average Bonchev–Trinajstić information content (AvgIpc) is 2.62. The van der Waals surface area contributed by atoms with Crippen molar-refractivity contribution in [1.29, 1.82) is 0 Å². The molecule has 7 heteroatoms. The van der Waals surface area contributed by atoms with Gasteiger partial charge in [-0.05, 0) is 37.3 Å². The molecule has 0 bridgehead atoms. The third kappa shape index (κ3) is 5.12. The van der Waals surface area contributed by atoms with E-state index >= 15 is 0 Å². The van der Waals surface area contributed by atoms with Crippen LogP contribution in [0.4, 0.5) is 5.69 Å².